The van der Waals surface area contributed by atoms with E-state index in [1.165, 1.54) is 12.0 Å². The van der Waals surface area contributed by atoms with Gasteiger partial charge in [0.25, 0.3) is 11.7 Å². The van der Waals surface area contributed by atoms with Crippen LogP contribution in [0.25, 0.3) is 5.76 Å². The first-order chi connectivity index (χ1) is 13.9. The van der Waals surface area contributed by atoms with Crippen LogP contribution in [0.4, 0.5) is 0 Å². The Kier molecular flexibility index (Phi) is 6.39. The number of nitrogens with zero attached hydrogens (tertiary/aromatic N) is 1. The molecule has 1 aliphatic rings. The molecule has 0 radical (unpaired) electrons. The van der Waals surface area contributed by atoms with Gasteiger partial charge in [0.05, 0.1) is 25.3 Å². The number of rotatable bonds is 6. The number of halogens is 1. The van der Waals surface area contributed by atoms with Gasteiger partial charge in [-0.1, -0.05) is 28.1 Å². The number of carbonyl (C=O) groups is 2. The number of carbonyl (C=O) groups excluding carboxylic acids is 2. The van der Waals surface area contributed by atoms with Crippen LogP contribution < -0.4 is 4.74 Å². The molecule has 0 saturated carbocycles. The molecule has 0 spiro atoms. The molecule has 1 amide bonds. The highest BCUT2D eigenvalue weighted by Gasteiger charge is 2.46. The second-order valence-electron chi connectivity index (χ2n) is 6.72. The number of aliphatic hydroxyl groups excluding tert-OH is 1. The van der Waals surface area contributed by atoms with Crippen molar-refractivity contribution >= 4 is 33.4 Å². The van der Waals surface area contributed by atoms with E-state index in [1.807, 2.05) is 31.2 Å². The Morgan fingerprint density at radius 3 is 2.55 bits per heavy atom. The molecule has 29 heavy (non-hydrogen) atoms. The van der Waals surface area contributed by atoms with Gasteiger partial charge in [0, 0.05) is 23.7 Å². The van der Waals surface area contributed by atoms with E-state index in [9.17, 15) is 14.7 Å². The second kappa shape index (κ2) is 8.80. The van der Waals surface area contributed by atoms with Crippen molar-refractivity contribution in [3.8, 4) is 5.75 Å². The molecule has 0 aromatic heterocycles. The SMILES string of the molecule is COCCN1C(=O)C(=O)/C(=C(/O)c2ccc(OC)cc2C)C1c1cccc(Br)c1. The molecular weight excluding hydrogens is 438 g/mol. The summed E-state index contributed by atoms with van der Waals surface area (Å²) in [5.41, 5.74) is 2.01. The Bertz CT molecular complexity index is 985. The molecule has 0 bridgehead atoms. The van der Waals surface area contributed by atoms with Crippen LogP contribution in [-0.2, 0) is 14.3 Å². The van der Waals surface area contributed by atoms with Gasteiger partial charge in [-0.15, -0.1) is 0 Å². The molecule has 1 heterocycles. The molecule has 1 N–H and O–H groups in total. The van der Waals surface area contributed by atoms with Crippen molar-refractivity contribution in [2.24, 2.45) is 0 Å². The van der Waals surface area contributed by atoms with Crippen molar-refractivity contribution in [3.63, 3.8) is 0 Å². The van der Waals surface area contributed by atoms with Crippen LogP contribution in [0.3, 0.4) is 0 Å². The Morgan fingerprint density at radius 2 is 1.93 bits per heavy atom. The van der Waals surface area contributed by atoms with Gasteiger partial charge < -0.3 is 19.5 Å². The Balaban J connectivity index is 2.19. The normalized spacial score (nSPS) is 18.3. The highest BCUT2D eigenvalue weighted by molar-refractivity contribution is 9.10. The third-order valence-electron chi connectivity index (χ3n) is 4.93. The Hall–Kier alpha value is -2.64. The molecule has 2 aromatic rings. The van der Waals surface area contributed by atoms with Crippen LogP contribution in [0.15, 0.2) is 52.5 Å². The fraction of sp³-hybridized carbons (Fsp3) is 0.273. The summed E-state index contributed by atoms with van der Waals surface area (Å²) in [7, 11) is 3.09. The highest BCUT2D eigenvalue weighted by Crippen LogP contribution is 2.40. The number of hydrogen-bond acceptors (Lipinski definition) is 5. The topological polar surface area (TPSA) is 76.1 Å². The molecular formula is C22H22BrNO5. The minimum absolute atomic E-state index is 0.0671. The fourth-order valence-corrected chi connectivity index (χ4v) is 3.91. The zero-order valence-corrected chi connectivity index (χ0v) is 18.0. The summed E-state index contributed by atoms with van der Waals surface area (Å²) >= 11 is 3.44. The molecule has 2 aromatic carbocycles. The third-order valence-corrected chi connectivity index (χ3v) is 5.42. The molecule has 1 aliphatic heterocycles. The van der Waals surface area contributed by atoms with Crippen LogP contribution in [0.5, 0.6) is 5.75 Å². The number of aryl methyl sites for hydroxylation is 1. The molecule has 6 nitrogen and oxygen atoms in total. The lowest BCUT2D eigenvalue weighted by Gasteiger charge is -2.25. The van der Waals surface area contributed by atoms with Gasteiger partial charge in [0.15, 0.2) is 0 Å². The van der Waals surface area contributed by atoms with E-state index in [1.54, 1.807) is 25.3 Å². The molecule has 1 unspecified atom stereocenters. The van der Waals surface area contributed by atoms with E-state index in [2.05, 4.69) is 15.9 Å². The van der Waals surface area contributed by atoms with Gasteiger partial charge in [-0.25, -0.2) is 0 Å². The number of Topliss-reactive ketones (excluding diaryl/α,β-unsaturated/α-hetero) is 1. The van der Waals surface area contributed by atoms with Gasteiger partial charge >= 0.3 is 0 Å². The molecule has 1 fully saturated rings. The summed E-state index contributed by atoms with van der Waals surface area (Å²) in [6.45, 7) is 2.32. The van der Waals surface area contributed by atoms with E-state index in [0.29, 0.717) is 11.3 Å². The van der Waals surface area contributed by atoms with Crippen molar-refractivity contribution in [3.05, 3.63) is 69.2 Å². The number of ether oxygens (including phenoxy) is 2. The van der Waals surface area contributed by atoms with Crippen molar-refractivity contribution in [2.75, 3.05) is 27.4 Å². The van der Waals surface area contributed by atoms with Crippen LogP contribution in [0, 0.1) is 6.92 Å². The van der Waals surface area contributed by atoms with Gasteiger partial charge in [-0.05, 0) is 48.4 Å². The number of benzene rings is 2. The first-order valence-electron chi connectivity index (χ1n) is 9.06. The predicted octanol–water partition coefficient (Wildman–Crippen LogP) is 3.83. The Labute approximate surface area is 177 Å². The summed E-state index contributed by atoms with van der Waals surface area (Å²) in [6, 6.07) is 11.8. The number of ketones is 1. The fourth-order valence-electron chi connectivity index (χ4n) is 3.50. The summed E-state index contributed by atoms with van der Waals surface area (Å²) in [4.78, 5) is 27.1. The van der Waals surface area contributed by atoms with Gasteiger partial charge in [0.2, 0.25) is 0 Å². The standard InChI is InChI=1S/C22H22BrNO5/c1-13-11-16(29-3)7-8-17(13)20(25)18-19(14-5-4-6-15(23)12-14)24(9-10-28-2)22(27)21(18)26/h4-8,11-12,19,25H,9-10H2,1-3H3/b20-18+. The minimum Gasteiger partial charge on any atom is -0.507 e. The quantitative estimate of drug-likeness (QED) is 0.403. The Morgan fingerprint density at radius 1 is 1.17 bits per heavy atom. The second-order valence-corrected chi connectivity index (χ2v) is 7.64. The number of likely N-dealkylation sites (tertiary alicyclic amines) is 1. The zero-order chi connectivity index (χ0) is 21.1. The van der Waals surface area contributed by atoms with Crippen LogP contribution in [0.1, 0.15) is 22.7 Å². The summed E-state index contributed by atoms with van der Waals surface area (Å²) in [5, 5.41) is 11.1. The zero-order valence-electron chi connectivity index (χ0n) is 16.4. The number of aliphatic hydroxyl groups is 1. The lowest BCUT2D eigenvalue weighted by molar-refractivity contribution is -0.140. The lowest BCUT2D eigenvalue weighted by Crippen LogP contribution is -2.32. The molecule has 1 atom stereocenters. The summed E-state index contributed by atoms with van der Waals surface area (Å²) in [5.74, 6) is -0.921. The first-order valence-corrected chi connectivity index (χ1v) is 9.86. The van der Waals surface area contributed by atoms with E-state index >= 15 is 0 Å². The molecule has 0 aliphatic carbocycles. The van der Waals surface area contributed by atoms with Crippen LogP contribution in [-0.4, -0.2) is 49.1 Å². The average molecular weight is 460 g/mol. The van der Waals surface area contributed by atoms with Crippen molar-refractivity contribution in [1.82, 2.24) is 4.90 Å². The van der Waals surface area contributed by atoms with E-state index in [-0.39, 0.29) is 24.5 Å². The molecule has 7 heteroatoms. The van der Waals surface area contributed by atoms with Crippen LogP contribution >= 0.6 is 15.9 Å². The molecule has 3 rings (SSSR count). The highest BCUT2D eigenvalue weighted by atomic mass is 79.9. The van der Waals surface area contributed by atoms with Gasteiger partial charge in [0.1, 0.15) is 11.5 Å². The third kappa shape index (κ3) is 4.06. The number of amides is 1. The van der Waals surface area contributed by atoms with E-state index in [4.69, 9.17) is 9.47 Å². The maximum atomic E-state index is 12.9. The average Bonchev–Trinajstić information content (AvgIpc) is 2.96. The van der Waals surface area contributed by atoms with Crippen molar-refractivity contribution in [2.45, 2.75) is 13.0 Å². The van der Waals surface area contributed by atoms with E-state index < -0.39 is 17.7 Å². The predicted molar refractivity (Wildman–Crippen MR) is 113 cm³/mol. The first kappa shape index (κ1) is 21.1. The largest absolute Gasteiger partial charge is 0.507 e. The van der Waals surface area contributed by atoms with Gasteiger partial charge in [-0.2, -0.15) is 0 Å². The minimum atomic E-state index is -0.709. The summed E-state index contributed by atoms with van der Waals surface area (Å²) in [6.07, 6.45) is 0. The molecule has 152 valence electrons. The van der Waals surface area contributed by atoms with Gasteiger partial charge in [-0.3, -0.25) is 9.59 Å². The maximum Gasteiger partial charge on any atom is 0.295 e. The monoisotopic (exact) mass is 459 g/mol. The van der Waals surface area contributed by atoms with Crippen LogP contribution in [0.2, 0.25) is 0 Å². The molecule has 1 saturated heterocycles. The van der Waals surface area contributed by atoms with Crippen molar-refractivity contribution in [1.29, 1.82) is 0 Å². The lowest BCUT2D eigenvalue weighted by atomic mass is 9.94. The van der Waals surface area contributed by atoms with Crippen molar-refractivity contribution < 1.29 is 24.2 Å². The smallest absolute Gasteiger partial charge is 0.295 e. The number of methoxy groups -OCH3 is 2. The maximum absolute atomic E-state index is 12.9. The summed E-state index contributed by atoms with van der Waals surface area (Å²) < 4.78 is 11.1. The van der Waals surface area contributed by atoms with E-state index in [0.717, 1.165) is 15.6 Å². The number of hydrogen-bond donors (Lipinski definition) is 1.